The molecular formula is C25H34N4O. The largest absolute Gasteiger partial charge is 0.376 e. The summed E-state index contributed by atoms with van der Waals surface area (Å²) in [6.45, 7) is 4.86. The van der Waals surface area contributed by atoms with Crippen molar-refractivity contribution in [2.24, 2.45) is 21.8 Å². The van der Waals surface area contributed by atoms with Crippen molar-refractivity contribution in [1.82, 2.24) is 10.2 Å². The fraction of sp³-hybridized carbons (Fsp3) is 0.560. The number of aliphatic imine (C=N–C) groups is 2. The lowest BCUT2D eigenvalue weighted by Crippen LogP contribution is -2.37. The van der Waals surface area contributed by atoms with Gasteiger partial charge < -0.3 is 10.2 Å². The highest BCUT2D eigenvalue weighted by Crippen LogP contribution is 2.28. The maximum atomic E-state index is 12.8. The highest BCUT2D eigenvalue weighted by atomic mass is 16.2. The van der Waals surface area contributed by atoms with Gasteiger partial charge in [0.25, 0.3) is 0 Å². The molecule has 30 heavy (non-hydrogen) atoms. The van der Waals surface area contributed by atoms with Crippen molar-refractivity contribution in [2.75, 3.05) is 19.6 Å². The molecule has 1 aromatic carbocycles. The van der Waals surface area contributed by atoms with Crippen LogP contribution in [0.25, 0.3) is 5.57 Å². The van der Waals surface area contributed by atoms with E-state index in [0.717, 1.165) is 62.1 Å². The van der Waals surface area contributed by atoms with Gasteiger partial charge in [0.1, 0.15) is 0 Å². The van der Waals surface area contributed by atoms with E-state index < -0.39 is 0 Å². The Balaban J connectivity index is 1.24. The summed E-state index contributed by atoms with van der Waals surface area (Å²) in [5, 5.41) is 3.41. The van der Waals surface area contributed by atoms with Crippen LogP contribution in [0, 0.1) is 18.8 Å². The van der Waals surface area contributed by atoms with Crippen molar-refractivity contribution in [3.05, 3.63) is 35.5 Å². The first-order valence-corrected chi connectivity index (χ1v) is 11.6. The topological polar surface area (TPSA) is 57.1 Å². The number of likely N-dealkylation sites (tertiary alicyclic amines) is 1. The molecule has 5 heteroatoms. The number of aryl methyl sites for hydroxylation is 1. The molecule has 4 rings (SSSR count). The molecule has 5 nitrogen and oxygen atoms in total. The highest BCUT2D eigenvalue weighted by molar-refractivity contribution is 6.14. The molecule has 2 aliphatic heterocycles. The lowest BCUT2D eigenvalue weighted by atomic mass is 9.88. The predicted molar refractivity (Wildman–Crippen MR) is 124 cm³/mol. The molecule has 160 valence electrons. The van der Waals surface area contributed by atoms with Gasteiger partial charge in [0, 0.05) is 43.5 Å². The third-order valence-electron chi connectivity index (χ3n) is 6.78. The fourth-order valence-corrected chi connectivity index (χ4v) is 4.76. The molecule has 1 aromatic rings. The molecule has 0 bridgehead atoms. The quantitative estimate of drug-likeness (QED) is 0.541. The Kier molecular flexibility index (Phi) is 6.98. The second-order valence-corrected chi connectivity index (χ2v) is 8.99. The number of benzene rings is 1. The molecule has 0 aromatic heterocycles. The molecule has 0 radical (unpaired) electrons. The summed E-state index contributed by atoms with van der Waals surface area (Å²) in [4.78, 5) is 23.7. The second kappa shape index (κ2) is 10.1. The van der Waals surface area contributed by atoms with Crippen molar-refractivity contribution >= 4 is 29.7 Å². The lowest BCUT2D eigenvalue weighted by molar-refractivity contribution is -0.136. The Morgan fingerprint density at radius 2 is 2.00 bits per heavy atom. The summed E-state index contributed by atoms with van der Waals surface area (Å²) in [5.41, 5.74) is 4.48. The van der Waals surface area contributed by atoms with Crippen LogP contribution < -0.4 is 5.32 Å². The zero-order chi connectivity index (χ0) is 20.8. The van der Waals surface area contributed by atoms with Crippen molar-refractivity contribution in [2.45, 2.75) is 58.3 Å². The number of carbonyl (C=O) groups excluding carboxylic acids is 1. The smallest absolute Gasteiger partial charge is 0.225 e. The minimum Gasteiger partial charge on any atom is -0.376 e. The number of hydrogen-bond donors (Lipinski definition) is 1. The van der Waals surface area contributed by atoms with Crippen LogP contribution in [0.1, 0.15) is 62.5 Å². The zero-order valence-corrected chi connectivity index (χ0v) is 18.1. The number of allylic oxidation sites excluding steroid dienone is 1. The summed E-state index contributed by atoms with van der Waals surface area (Å²) in [7, 11) is 0. The van der Waals surface area contributed by atoms with Crippen LogP contribution >= 0.6 is 0 Å². The monoisotopic (exact) mass is 406 g/mol. The summed E-state index contributed by atoms with van der Waals surface area (Å²) in [6, 6.07) is 6.34. The molecule has 1 saturated carbocycles. The van der Waals surface area contributed by atoms with Crippen molar-refractivity contribution < 1.29 is 4.79 Å². The predicted octanol–water partition coefficient (Wildman–Crippen LogP) is 4.88. The lowest BCUT2D eigenvalue weighted by Gasteiger charge is -2.28. The highest BCUT2D eigenvalue weighted by Gasteiger charge is 2.27. The minimum absolute atomic E-state index is 0.293. The first-order chi connectivity index (χ1) is 14.7. The number of nitrogens with one attached hydrogen (secondary N) is 1. The van der Waals surface area contributed by atoms with Gasteiger partial charge in [-0.2, -0.15) is 0 Å². The third kappa shape index (κ3) is 5.18. The van der Waals surface area contributed by atoms with E-state index in [4.69, 9.17) is 0 Å². The van der Waals surface area contributed by atoms with Crippen LogP contribution in [0.4, 0.5) is 5.69 Å². The maximum Gasteiger partial charge on any atom is 0.225 e. The Morgan fingerprint density at radius 1 is 1.17 bits per heavy atom. The molecule has 2 heterocycles. The number of amides is 1. The molecule has 1 amide bonds. The van der Waals surface area contributed by atoms with E-state index in [-0.39, 0.29) is 0 Å². The first kappa shape index (κ1) is 20.8. The van der Waals surface area contributed by atoms with Crippen LogP contribution in [0.3, 0.4) is 0 Å². The number of nitrogens with zero attached hydrogens (tertiary/aromatic N) is 3. The standard InChI is InChI=1S/C25H34N4O/c1-19-9-10-22(23-16-26-17-23)14-24(19)28-18-27-15-20-6-5-12-29(13-11-20)25(30)21-7-3-2-4-8-21/h9-10,14,16-18,20-21H,2-8,11-13,15H2,1H3,(H,27,28). The average Bonchev–Trinajstić information content (AvgIpc) is 2.98. The second-order valence-electron chi connectivity index (χ2n) is 8.99. The maximum absolute atomic E-state index is 12.8. The van der Waals surface area contributed by atoms with Crippen LogP contribution in [0.15, 0.2) is 34.4 Å². The molecule has 0 spiro atoms. The molecule has 1 atom stereocenters. The molecule has 1 aliphatic carbocycles. The first-order valence-electron chi connectivity index (χ1n) is 11.6. The summed E-state index contributed by atoms with van der Waals surface area (Å²) in [6.07, 6.45) is 14.9. The van der Waals surface area contributed by atoms with E-state index in [0.29, 0.717) is 17.7 Å². The number of hydrogen-bond acceptors (Lipinski definition) is 3. The summed E-state index contributed by atoms with van der Waals surface area (Å²) < 4.78 is 0. The van der Waals surface area contributed by atoms with Crippen LogP contribution in [0.2, 0.25) is 0 Å². The van der Waals surface area contributed by atoms with E-state index in [9.17, 15) is 4.79 Å². The molecule has 3 aliphatic rings. The molecule has 1 N–H and O–H groups in total. The van der Waals surface area contributed by atoms with Gasteiger partial charge in [0.2, 0.25) is 5.91 Å². The van der Waals surface area contributed by atoms with E-state index in [1.165, 1.54) is 31.2 Å². The Hall–Kier alpha value is -2.43. The van der Waals surface area contributed by atoms with E-state index in [1.54, 1.807) is 0 Å². The van der Waals surface area contributed by atoms with E-state index in [2.05, 4.69) is 45.3 Å². The van der Waals surface area contributed by atoms with Crippen LogP contribution in [-0.4, -0.2) is 43.0 Å². The molecule has 2 fully saturated rings. The number of carbonyl (C=O) groups is 1. The van der Waals surface area contributed by atoms with Gasteiger partial charge in [-0.3, -0.25) is 9.79 Å². The van der Waals surface area contributed by atoms with Gasteiger partial charge in [-0.25, -0.2) is 4.99 Å². The Bertz CT molecular complexity index is 836. The SMILES string of the molecule is Cc1ccc(C2=CN=C2)cc1/N=C\NCC1CCCN(C(=O)C2CCCCC2)CC1. The van der Waals surface area contributed by atoms with Crippen molar-refractivity contribution in [3.8, 4) is 0 Å². The normalized spacial score (nSPS) is 22.5. The zero-order valence-electron chi connectivity index (χ0n) is 18.1. The average molecular weight is 407 g/mol. The van der Waals surface area contributed by atoms with Crippen LogP contribution in [-0.2, 0) is 4.79 Å². The Labute approximate surface area is 180 Å². The van der Waals surface area contributed by atoms with Gasteiger partial charge in [0.05, 0.1) is 12.0 Å². The minimum atomic E-state index is 0.293. The number of rotatable bonds is 6. The van der Waals surface area contributed by atoms with Gasteiger partial charge in [-0.15, -0.1) is 0 Å². The van der Waals surface area contributed by atoms with Crippen molar-refractivity contribution in [3.63, 3.8) is 0 Å². The van der Waals surface area contributed by atoms with Crippen LogP contribution in [0.5, 0.6) is 0 Å². The van der Waals surface area contributed by atoms with E-state index in [1.807, 2.05) is 18.8 Å². The molecule has 1 unspecified atom stereocenters. The van der Waals surface area contributed by atoms with Gasteiger partial charge in [-0.05, 0) is 62.1 Å². The third-order valence-corrected chi connectivity index (χ3v) is 6.78. The van der Waals surface area contributed by atoms with Gasteiger partial charge in [-0.1, -0.05) is 31.4 Å². The van der Waals surface area contributed by atoms with Gasteiger partial charge >= 0.3 is 0 Å². The molecule has 1 saturated heterocycles. The van der Waals surface area contributed by atoms with Gasteiger partial charge in [0.15, 0.2) is 0 Å². The Morgan fingerprint density at radius 3 is 2.77 bits per heavy atom. The summed E-state index contributed by atoms with van der Waals surface area (Å²) in [5.74, 6) is 1.32. The van der Waals surface area contributed by atoms with E-state index >= 15 is 0 Å². The van der Waals surface area contributed by atoms with Crippen molar-refractivity contribution in [1.29, 1.82) is 0 Å². The molecular weight excluding hydrogens is 372 g/mol. The summed E-state index contributed by atoms with van der Waals surface area (Å²) >= 11 is 0. The fourth-order valence-electron chi connectivity index (χ4n) is 4.76.